The molecule has 0 saturated carbocycles. The van der Waals surface area contributed by atoms with Gasteiger partial charge in [0.25, 0.3) is 5.91 Å². The molecule has 1 aromatic heterocycles. The number of pyridine rings is 1. The number of nitrogens with one attached hydrogen (secondary N) is 1. The Morgan fingerprint density at radius 3 is 2.60 bits per heavy atom. The molecule has 1 aromatic carbocycles. The summed E-state index contributed by atoms with van der Waals surface area (Å²) >= 11 is 16.2. The molecule has 2 aliphatic rings. The molecule has 0 aliphatic carbocycles. The van der Waals surface area contributed by atoms with Gasteiger partial charge in [0, 0.05) is 44.9 Å². The molecule has 0 unspecified atom stereocenters. The van der Waals surface area contributed by atoms with Crippen LogP contribution in [0.25, 0.3) is 0 Å². The summed E-state index contributed by atoms with van der Waals surface area (Å²) in [5.74, 6) is -2.67. The number of aliphatic hydroxyl groups excluding tert-OH is 1. The first-order valence-electron chi connectivity index (χ1n) is 12.8. The van der Waals surface area contributed by atoms with Crippen LogP contribution in [0, 0.1) is 0 Å². The Morgan fingerprint density at radius 2 is 1.90 bits per heavy atom. The molecule has 3 heterocycles. The first-order chi connectivity index (χ1) is 20.0. The number of benzene rings is 1. The van der Waals surface area contributed by atoms with E-state index in [4.69, 9.17) is 23.2 Å². The molecule has 1 saturated heterocycles. The molecule has 15 heteroatoms. The number of hydrogen-bond acceptors (Lipinski definition) is 9. The number of thioether (sulfide) groups is 3. The van der Waals surface area contributed by atoms with Gasteiger partial charge in [-0.05, 0) is 36.6 Å². The lowest BCUT2D eigenvalue weighted by Gasteiger charge is -2.49. The molecule has 0 bridgehead atoms. The lowest BCUT2D eigenvalue weighted by Crippen LogP contribution is -2.70. The van der Waals surface area contributed by atoms with Crippen LogP contribution in [-0.4, -0.2) is 73.6 Å². The third-order valence-corrected chi connectivity index (χ3v) is 10.7. The number of carbonyl (C=O) groups excluding carboxylic acids is 3. The zero-order chi connectivity index (χ0) is 30.4. The molecular weight excluding hydrogens is 645 g/mol. The lowest BCUT2D eigenvalue weighted by molar-refractivity contribution is -0.697. The van der Waals surface area contributed by atoms with Gasteiger partial charge in [0.05, 0.1) is 22.8 Å². The maximum absolute atomic E-state index is 13.0. The van der Waals surface area contributed by atoms with Gasteiger partial charge in [0.15, 0.2) is 12.4 Å². The standard InChI is InChI=1S/C27H27Cl2N3O7S3/c28-16-4-5-18(29)20(11-16)41-14-21(34)30-22-24(35)32-23(27(38)39)15(13-42-25(22)32)12-40-17-6-9-31(10-7-17)8-2-1-3-19(33)26(36)37/h4-7,9-11,19,22,25,33H,1-3,8,12-14H2,(H2-,30,34,36,37,38,39)/t19-,22+,25+/m0/s1. The van der Waals surface area contributed by atoms with E-state index in [-0.39, 0.29) is 23.8 Å². The monoisotopic (exact) mass is 671 g/mol. The van der Waals surface area contributed by atoms with E-state index in [2.05, 4.69) is 5.32 Å². The molecule has 3 atom stereocenters. The van der Waals surface area contributed by atoms with Crippen LogP contribution < -0.4 is 15.0 Å². The summed E-state index contributed by atoms with van der Waals surface area (Å²) in [6, 6.07) is 7.93. The fraction of sp³-hybridized carbons (Fsp3) is 0.370. The summed E-state index contributed by atoms with van der Waals surface area (Å²) in [5.41, 5.74) is 0.591. The van der Waals surface area contributed by atoms with Gasteiger partial charge in [-0.3, -0.25) is 14.5 Å². The van der Waals surface area contributed by atoms with Crippen LogP contribution in [0.5, 0.6) is 0 Å². The number of aromatic nitrogens is 1. The van der Waals surface area contributed by atoms with Gasteiger partial charge in [0.1, 0.15) is 23.7 Å². The molecule has 3 N–H and O–H groups in total. The van der Waals surface area contributed by atoms with E-state index >= 15 is 0 Å². The second-order valence-electron chi connectivity index (χ2n) is 9.47. The highest BCUT2D eigenvalue weighted by molar-refractivity contribution is 8.01. The third-order valence-electron chi connectivity index (χ3n) is 6.51. The van der Waals surface area contributed by atoms with Gasteiger partial charge < -0.3 is 25.4 Å². The Hall–Kier alpha value is -2.42. The van der Waals surface area contributed by atoms with Crippen LogP contribution in [0.4, 0.5) is 0 Å². The van der Waals surface area contributed by atoms with Crippen molar-refractivity contribution in [1.29, 1.82) is 0 Å². The fourth-order valence-electron chi connectivity index (χ4n) is 4.35. The van der Waals surface area contributed by atoms with Crippen LogP contribution in [0.1, 0.15) is 19.3 Å². The van der Waals surface area contributed by atoms with E-state index in [9.17, 15) is 34.5 Å². The van der Waals surface area contributed by atoms with E-state index < -0.39 is 35.4 Å². The maximum Gasteiger partial charge on any atom is 0.352 e. The number of halogens is 2. The number of carbonyl (C=O) groups is 4. The van der Waals surface area contributed by atoms with Crippen molar-refractivity contribution in [3.05, 3.63) is 64.0 Å². The minimum atomic E-state index is -1.46. The van der Waals surface area contributed by atoms with Crippen molar-refractivity contribution in [1.82, 2.24) is 10.2 Å². The van der Waals surface area contributed by atoms with E-state index in [1.165, 1.54) is 40.2 Å². The second-order valence-corrected chi connectivity index (χ2v) is 13.5. The molecule has 42 heavy (non-hydrogen) atoms. The molecule has 2 aliphatic heterocycles. The van der Waals surface area contributed by atoms with E-state index in [0.29, 0.717) is 51.4 Å². The van der Waals surface area contributed by atoms with Crippen LogP contribution >= 0.6 is 58.5 Å². The van der Waals surface area contributed by atoms with Crippen molar-refractivity contribution in [3.8, 4) is 0 Å². The Balaban J connectivity index is 1.29. The number of amides is 2. The summed E-state index contributed by atoms with van der Waals surface area (Å²) in [6.45, 7) is 0.652. The zero-order valence-electron chi connectivity index (χ0n) is 22.0. The highest BCUT2D eigenvalue weighted by Crippen LogP contribution is 2.41. The first kappa shape index (κ1) is 32.5. The molecule has 0 spiro atoms. The Kier molecular flexibility index (Phi) is 11.5. The fourth-order valence-corrected chi connectivity index (χ4v) is 8.02. The van der Waals surface area contributed by atoms with E-state index in [1.54, 1.807) is 18.2 Å². The predicted octanol–water partition coefficient (Wildman–Crippen LogP) is 2.18. The SMILES string of the molecule is O=C(CSc1cc(Cl)ccc1Cl)N[C@@H]1C(=O)N2C(C(=O)O)=C(CSc3cc[n+](CCCC[C@H](O)C(=O)[O-])cc3)CS[C@H]12. The predicted molar refractivity (Wildman–Crippen MR) is 159 cm³/mol. The molecule has 0 radical (unpaired) electrons. The molecular formula is C27H27Cl2N3O7S3. The number of nitrogens with zero attached hydrogens (tertiary/aromatic N) is 2. The van der Waals surface area contributed by atoms with Crippen molar-refractivity contribution in [2.24, 2.45) is 0 Å². The van der Waals surface area contributed by atoms with Gasteiger partial charge in [-0.15, -0.1) is 35.3 Å². The average Bonchev–Trinajstić information content (AvgIpc) is 2.97. The summed E-state index contributed by atoms with van der Waals surface area (Å²) in [5, 5.41) is 33.0. The molecule has 1 fully saturated rings. The molecule has 2 amide bonds. The Bertz CT molecular complexity index is 1390. The van der Waals surface area contributed by atoms with Gasteiger partial charge in [-0.1, -0.05) is 23.2 Å². The normalized spacial score (nSPS) is 18.7. The number of carboxylic acids is 2. The van der Waals surface area contributed by atoms with Crippen molar-refractivity contribution in [3.63, 3.8) is 0 Å². The van der Waals surface area contributed by atoms with Crippen LogP contribution in [-0.2, 0) is 25.7 Å². The van der Waals surface area contributed by atoms with Crippen LogP contribution in [0.2, 0.25) is 10.0 Å². The smallest absolute Gasteiger partial charge is 0.352 e. The number of rotatable bonds is 14. The zero-order valence-corrected chi connectivity index (χ0v) is 26.0. The second kappa shape index (κ2) is 14.8. The van der Waals surface area contributed by atoms with Gasteiger partial charge in [0.2, 0.25) is 5.91 Å². The largest absolute Gasteiger partial charge is 0.547 e. The van der Waals surface area contributed by atoms with Crippen molar-refractivity contribution in [2.75, 3.05) is 17.3 Å². The molecule has 224 valence electrons. The van der Waals surface area contributed by atoms with Gasteiger partial charge in [-0.2, -0.15) is 0 Å². The lowest BCUT2D eigenvalue weighted by atomic mass is 10.0. The summed E-state index contributed by atoms with van der Waals surface area (Å²) in [6.07, 6.45) is 3.67. The molecule has 2 aromatic rings. The highest BCUT2D eigenvalue weighted by Gasteiger charge is 2.54. The summed E-state index contributed by atoms with van der Waals surface area (Å²) in [7, 11) is 0. The van der Waals surface area contributed by atoms with Crippen molar-refractivity contribution < 1.29 is 39.1 Å². The Labute approximate surface area is 264 Å². The maximum atomic E-state index is 13.0. The molecule has 10 nitrogen and oxygen atoms in total. The number of unbranched alkanes of at least 4 members (excludes halogenated alkanes) is 1. The van der Waals surface area contributed by atoms with Crippen molar-refractivity contribution in [2.45, 2.75) is 53.1 Å². The highest BCUT2D eigenvalue weighted by atomic mass is 35.5. The van der Waals surface area contributed by atoms with Crippen LogP contribution in [0.3, 0.4) is 0 Å². The van der Waals surface area contributed by atoms with E-state index in [0.717, 1.165) is 4.90 Å². The van der Waals surface area contributed by atoms with Gasteiger partial charge >= 0.3 is 5.97 Å². The summed E-state index contributed by atoms with van der Waals surface area (Å²) in [4.78, 5) is 51.1. The number of carboxylic acid groups (broad SMARTS) is 2. The van der Waals surface area contributed by atoms with Gasteiger partial charge in [-0.25, -0.2) is 9.36 Å². The molecule has 4 rings (SSSR count). The number of aryl methyl sites for hydroxylation is 1. The number of β-lactam (4-membered cyclic amide) rings is 1. The first-order valence-corrected chi connectivity index (χ1v) is 16.6. The quantitative estimate of drug-likeness (QED) is 0.118. The van der Waals surface area contributed by atoms with E-state index in [1.807, 2.05) is 29.1 Å². The van der Waals surface area contributed by atoms with Crippen molar-refractivity contribution >= 4 is 82.2 Å². The van der Waals surface area contributed by atoms with Crippen LogP contribution in [0.15, 0.2) is 63.8 Å². The number of fused-ring (bicyclic) bond motifs is 1. The average molecular weight is 673 g/mol. The topological polar surface area (TPSA) is 151 Å². The minimum absolute atomic E-state index is 0.0212. The Morgan fingerprint density at radius 1 is 1.17 bits per heavy atom. The number of hydrogen-bond donors (Lipinski definition) is 3. The number of aliphatic hydroxyl groups is 1. The third kappa shape index (κ3) is 8.14. The minimum Gasteiger partial charge on any atom is -0.547 e. The number of aliphatic carboxylic acids is 2. The summed E-state index contributed by atoms with van der Waals surface area (Å²) < 4.78 is 1.94.